The number of hydrogen-bond donors (Lipinski definition) is 1. The molecule has 1 aromatic carbocycles. The van der Waals surface area contributed by atoms with E-state index in [1.807, 2.05) is 13.0 Å². The molecule has 1 unspecified atom stereocenters. The Kier molecular flexibility index (Phi) is 4.94. The molecule has 28 heavy (non-hydrogen) atoms. The largest absolute Gasteiger partial charge is 0.369 e. The highest BCUT2D eigenvalue weighted by atomic mass is 19.1. The fourth-order valence-corrected chi connectivity index (χ4v) is 4.00. The molecule has 2 heterocycles. The number of nitrogens with two attached hydrogens (primary N) is 1. The van der Waals surface area contributed by atoms with Gasteiger partial charge in [0.2, 0.25) is 5.91 Å². The van der Waals surface area contributed by atoms with Crippen LogP contribution in [0, 0.1) is 17.2 Å². The monoisotopic (exact) mass is 384 g/mol. The lowest BCUT2D eigenvalue weighted by Crippen LogP contribution is -2.58. The van der Waals surface area contributed by atoms with Gasteiger partial charge in [-0.2, -0.15) is 0 Å². The maximum absolute atomic E-state index is 14.9. The molecule has 1 aromatic rings. The minimum atomic E-state index is -1.09. The van der Waals surface area contributed by atoms with E-state index in [1.54, 1.807) is 33.9 Å². The second-order valence-corrected chi connectivity index (χ2v) is 8.63. The third-order valence-electron chi connectivity index (χ3n) is 6.37. The van der Waals surface area contributed by atoms with Crippen LogP contribution in [0.25, 0.3) is 0 Å². The van der Waals surface area contributed by atoms with Crippen molar-refractivity contribution in [2.45, 2.75) is 46.6 Å². The lowest BCUT2D eigenvalue weighted by molar-refractivity contribution is -0.140. The van der Waals surface area contributed by atoms with Crippen molar-refractivity contribution in [3.8, 4) is 0 Å². The van der Waals surface area contributed by atoms with Gasteiger partial charge in [0.15, 0.2) is 5.96 Å². The first-order chi connectivity index (χ1) is 13.0. The number of allylic oxidation sites excluding steroid dienone is 1. The van der Waals surface area contributed by atoms with Crippen molar-refractivity contribution in [3.05, 3.63) is 46.8 Å². The number of hydrogen-bond acceptors (Lipinski definition) is 4. The Bertz CT molecular complexity index is 915. The molecule has 0 saturated heterocycles. The summed E-state index contributed by atoms with van der Waals surface area (Å²) < 4.78 is 14.9. The summed E-state index contributed by atoms with van der Waals surface area (Å²) in [6.07, 6.45) is 2.89. The number of guanidine groups is 1. The molecular weight excluding hydrogens is 355 g/mol. The van der Waals surface area contributed by atoms with E-state index in [0.717, 1.165) is 24.2 Å². The van der Waals surface area contributed by atoms with Crippen LogP contribution in [-0.4, -0.2) is 36.1 Å². The quantitative estimate of drug-likeness (QED) is 0.864. The molecule has 1 amide bonds. The summed E-state index contributed by atoms with van der Waals surface area (Å²) in [6, 6.07) is 5.11. The first-order valence-electron chi connectivity index (χ1n) is 9.61. The summed E-state index contributed by atoms with van der Waals surface area (Å²) in [5.41, 5.74) is 7.70. The van der Waals surface area contributed by atoms with Crippen LogP contribution in [0.5, 0.6) is 0 Å². The highest BCUT2D eigenvalue weighted by Crippen LogP contribution is 2.47. The fourth-order valence-electron chi connectivity index (χ4n) is 4.00. The Balaban J connectivity index is 1.99. The van der Waals surface area contributed by atoms with Gasteiger partial charge in [0.25, 0.3) is 0 Å². The van der Waals surface area contributed by atoms with Crippen LogP contribution >= 0.6 is 0 Å². The summed E-state index contributed by atoms with van der Waals surface area (Å²) in [5, 5.41) is 0. The number of carbonyl (C=O) groups is 1. The average molecular weight is 384 g/mol. The predicted octanol–water partition coefficient (Wildman–Crippen LogP) is 3.43. The van der Waals surface area contributed by atoms with E-state index >= 15 is 0 Å². The number of rotatable bonds is 4. The number of benzene rings is 1. The van der Waals surface area contributed by atoms with Crippen molar-refractivity contribution in [2.75, 3.05) is 13.6 Å². The van der Waals surface area contributed by atoms with Gasteiger partial charge in [-0.05, 0) is 63.3 Å². The maximum atomic E-state index is 14.9. The lowest BCUT2D eigenvalue weighted by atomic mass is 9.67. The number of aliphatic imine (C=N–C) groups is 2. The van der Waals surface area contributed by atoms with E-state index in [-0.39, 0.29) is 17.7 Å². The van der Waals surface area contributed by atoms with Crippen molar-refractivity contribution < 1.29 is 9.18 Å². The first kappa shape index (κ1) is 20.2. The Morgan fingerprint density at radius 1 is 1.32 bits per heavy atom. The summed E-state index contributed by atoms with van der Waals surface area (Å²) in [6.45, 7) is 10.3. The molecule has 5 nitrogen and oxygen atoms in total. The SMILES string of the molecule is CC1=NCC(C(C)Cc2ccc(F)c([C@@]3(C)N=C(N)N(C)C(=O)C3(C)C)c2)=C1. The highest BCUT2D eigenvalue weighted by Gasteiger charge is 2.53. The zero-order valence-corrected chi connectivity index (χ0v) is 17.5. The van der Waals surface area contributed by atoms with Gasteiger partial charge in [-0.3, -0.25) is 14.7 Å². The molecule has 2 aliphatic rings. The van der Waals surface area contributed by atoms with Crippen LogP contribution < -0.4 is 5.73 Å². The third kappa shape index (κ3) is 3.15. The van der Waals surface area contributed by atoms with Gasteiger partial charge in [0.05, 0.1) is 12.0 Å². The molecule has 2 aliphatic heterocycles. The van der Waals surface area contributed by atoms with Gasteiger partial charge in [0.1, 0.15) is 11.4 Å². The van der Waals surface area contributed by atoms with E-state index in [9.17, 15) is 9.18 Å². The molecule has 0 aliphatic carbocycles. The molecule has 2 atom stereocenters. The lowest BCUT2D eigenvalue weighted by Gasteiger charge is -2.46. The smallest absolute Gasteiger partial charge is 0.237 e. The predicted molar refractivity (Wildman–Crippen MR) is 111 cm³/mol. The Hall–Kier alpha value is -2.50. The minimum Gasteiger partial charge on any atom is -0.369 e. The van der Waals surface area contributed by atoms with Gasteiger partial charge < -0.3 is 5.73 Å². The van der Waals surface area contributed by atoms with Crippen molar-refractivity contribution in [3.63, 3.8) is 0 Å². The Morgan fingerprint density at radius 2 is 2.00 bits per heavy atom. The molecule has 0 aromatic heterocycles. The average Bonchev–Trinajstić information content (AvgIpc) is 3.07. The molecule has 150 valence electrons. The van der Waals surface area contributed by atoms with E-state index in [1.165, 1.54) is 16.5 Å². The van der Waals surface area contributed by atoms with Gasteiger partial charge >= 0.3 is 0 Å². The van der Waals surface area contributed by atoms with E-state index in [4.69, 9.17) is 5.73 Å². The van der Waals surface area contributed by atoms with Crippen LogP contribution in [0.1, 0.15) is 45.7 Å². The molecule has 6 heteroatoms. The second kappa shape index (κ2) is 6.83. The first-order valence-corrected chi connectivity index (χ1v) is 9.61. The summed E-state index contributed by atoms with van der Waals surface area (Å²) in [7, 11) is 1.59. The zero-order chi connectivity index (χ0) is 20.9. The molecule has 0 fully saturated rings. The van der Waals surface area contributed by atoms with Crippen LogP contribution in [0.2, 0.25) is 0 Å². The Labute approximate surface area is 166 Å². The van der Waals surface area contributed by atoms with Gasteiger partial charge in [-0.15, -0.1) is 0 Å². The number of halogens is 1. The molecule has 0 spiro atoms. The fraction of sp³-hybridized carbons (Fsp3) is 0.500. The second-order valence-electron chi connectivity index (χ2n) is 8.63. The minimum absolute atomic E-state index is 0.105. The van der Waals surface area contributed by atoms with E-state index in [0.29, 0.717) is 11.5 Å². The number of amides is 1. The molecule has 0 radical (unpaired) electrons. The highest BCUT2D eigenvalue weighted by molar-refractivity contribution is 6.01. The molecule has 3 rings (SSSR count). The molecule has 0 bridgehead atoms. The van der Waals surface area contributed by atoms with Crippen LogP contribution in [0.3, 0.4) is 0 Å². The van der Waals surface area contributed by atoms with Crippen LogP contribution in [0.4, 0.5) is 4.39 Å². The third-order valence-corrected chi connectivity index (χ3v) is 6.37. The maximum Gasteiger partial charge on any atom is 0.237 e. The Morgan fingerprint density at radius 3 is 2.61 bits per heavy atom. The number of nitrogens with zero attached hydrogens (tertiary/aromatic N) is 3. The van der Waals surface area contributed by atoms with Gasteiger partial charge in [-0.25, -0.2) is 9.38 Å². The summed E-state index contributed by atoms with van der Waals surface area (Å²) in [5.74, 6) is -0.147. The normalized spacial score (nSPS) is 25.3. The van der Waals surface area contributed by atoms with E-state index in [2.05, 4.69) is 23.0 Å². The standard InChI is InChI=1S/C22H29FN4O/c1-13(16-10-14(2)25-12-16)9-15-7-8-18(23)17(11-15)22(5)21(3,4)19(28)27(6)20(24)26-22/h7-8,10-11,13H,9,12H2,1-6H3,(H2,24,26)/t13?,22-/m1/s1. The summed E-state index contributed by atoms with van der Waals surface area (Å²) in [4.78, 5) is 23.2. The van der Waals surface area contributed by atoms with E-state index < -0.39 is 11.0 Å². The molecule has 0 saturated carbocycles. The number of carbonyl (C=O) groups excluding carboxylic acids is 1. The van der Waals surface area contributed by atoms with Crippen molar-refractivity contribution in [1.82, 2.24) is 4.90 Å². The zero-order valence-electron chi connectivity index (χ0n) is 17.5. The van der Waals surface area contributed by atoms with Gasteiger partial charge in [-0.1, -0.05) is 19.1 Å². The summed E-state index contributed by atoms with van der Waals surface area (Å²) >= 11 is 0. The molecule has 2 N–H and O–H groups in total. The van der Waals surface area contributed by atoms with Crippen molar-refractivity contribution in [1.29, 1.82) is 0 Å². The topological polar surface area (TPSA) is 71.0 Å². The van der Waals surface area contributed by atoms with Gasteiger partial charge in [0, 0.05) is 18.3 Å². The van der Waals surface area contributed by atoms with Crippen LogP contribution in [0.15, 0.2) is 39.8 Å². The van der Waals surface area contributed by atoms with Crippen molar-refractivity contribution >= 4 is 17.6 Å². The molecular formula is C22H29FN4O. The van der Waals surface area contributed by atoms with Crippen molar-refractivity contribution in [2.24, 2.45) is 27.1 Å². The van der Waals surface area contributed by atoms with Crippen LogP contribution in [-0.2, 0) is 16.8 Å².